The maximum absolute atomic E-state index is 6.26. The summed E-state index contributed by atoms with van der Waals surface area (Å²) in [5.74, 6) is 0.618. The number of anilines is 1. The van der Waals surface area contributed by atoms with Gasteiger partial charge in [0.05, 0.1) is 19.3 Å². The van der Waals surface area contributed by atoms with Gasteiger partial charge in [0.25, 0.3) is 0 Å². The molecule has 0 unspecified atom stereocenters. The molecule has 2 N–H and O–H groups in total. The molecule has 2 saturated heterocycles. The molecule has 2 aliphatic rings. The van der Waals surface area contributed by atoms with Gasteiger partial charge in [-0.15, -0.1) is 11.3 Å². The molecule has 156 valence electrons. The average molecular weight is 416 g/mol. The summed E-state index contributed by atoms with van der Waals surface area (Å²) in [6.07, 6.45) is 4.13. The van der Waals surface area contributed by atoms with Gasteiger partial charge >= 0.3 is 0 Å². The van der Waals surface area contributed by atoms with Crippen LogP contribution in [0.3, 0.4) is 0 Å². The van der Waals surface area contributed by atoms with Crippen LogP contribution in [-0.2, 0) is 22.6 Å². The van der Waals surface area contributed by atoms with E-state index in [1.807, 2.05) is 11.6 Å². The number of aromatic nitrogens is 1. The second kappa shape index (κ2) is 10.0. The van der Waals surface area contributed by atoms with Gasteiger partial charge in [0.1, 0.15) is 0 Å². The van der Waals surface area contributed by atoms with E-state index < -0.39 is 0 Å². The topological polar surface area (TPSA) is 76.2 Å². The van der Waals surface area contributed by atoms with Crippen LogP contribution in [0.4, 0.5) is 5.13 Å². The molecule has 0 atom stereocenters. The lowest BCUT2D eigenvalue weighted by Crippen LogP contribution is -2.51. The molecule has 2 aromatic rings. The van der Waals surface area contributed by atoms with E-state index >= 15 is 0 Å². The molecule has 1 aromatic carbocycles. The normalized spacial score (nSPS) is 19.0. The lowest BCUT2D eigenvalue weighted by Gasteiger charge is -2.35. The average Bonchev–Trinajstić information content (AvgIpc) is 3.32. The van der Waals surface area contributed by atoms with Gasteiger partial charge in [-0.2, -0.15) is 0 Å². The molecule has 29 heavy (non-hydrogen) atoms. The highest BCUT2D eigenvalue weighted by Gasteiger charge is 2.19. The number of thiazole rings is 1. The Labute approximate surface area is 176 Å². The van der Waals surface area contributed by atoms with Crippen molar-refractivity contribution in [2.45, 2.75) is 32.1 Å². The monoisotopic (exact) mass is 415 g/mol. The predicted molar refractivity (Wildman–Crippen MR) is 116 cm³/mol. The molecule has 0 saturated carbocycles. The molecule has 7 nitrogen and oxygen atoms in total. The van der Waals surface area contributed by atoms with Gasteiger partial charge in [0, 0.05) is 51.0 Å². The fourth-order valence-corrected chi connectivity index (χ4v) is 4.34. The first kappa shape index (κ1) is 20.1. The SMILES string of the molecule is NC(=NCc1cccc(COC2CCOCC2)c1)N1CCN(c2nccs2)CC1. The summed E-state index contributed by atoms with van der Waals surface area (Å²) in [7, 11) is 0. The van der Waals surface area contributed by atoms with Gasteiger partial charge in [-0.3, -0.25) is 0 Å². The zero-order chi connectivity index (χ0) is 19.9. The van der Waals surface area contributed by atoms with Gasteiger partial charge < -0.3 is 25.0 Å². The van der Waals surface area contributed by atoms with Gasteiger partial charge in [-0.1, -0.05) is 24.3 Å². The third kappa shape index (κ3) is 5.68. The molecular weight excluding hydrogens is 386 g/mol. The number of nitrogens with zero attached hydrogens (tertiary/aromatic N) is 4. The third-order valence-electron chi connectivity index (χ3n) is 5.36. The molecule has 2 aliphatic heterocycles. The van der Waals surface area contributed by atoms with Crippen LogP contribution in [0.5, 0.6) is 0 Å². The molecule has 1 aromatic heterocycles. The van der Waals surface area contributed by atoms with E-state index in [2.05, 4.69) is 44.0 Å². The van der Waals surface area contributed by atoms with E-state index in [1.165, 1.54) is 5.56 Å². The van der Waals surface area contributed by atoms with Crippen LogP contribution in [0.2, 0.25) is 0 Å². The minimum Gasteiger partial charge on any atom is -0.381 e. The van der Waals surface area contributed by atoms with Crippen LogP contribution in [0.25, 0.3) is 0 Å². The van der Waals surface area contributed by atoms with Crippen LogP contribution in [-0.4, -0.2) is 61.3 Å². The van der Waals surface area contributed by atoms with Crippen molar-refractivity contribution in [2.75, 3.05) is 44.3 Å². The predicted octanol–water partition coefficient (Wildman–Crippen LogP) is 2.48. The largest absolute Gasteiger partial charge is 0.381 e. The van der Waals surface area contributed by atoms with Crippen LogP contribution >= 0.6 is 11.3 Å². The minimum atomic E-state index is 0.309. The first-order valence-electron chi connectivity index (χ1n) is 10.2. The van der Waals surface area contributed by atoms with Crippen molar-refractivity contribution >= 4 is 22.4 Å². The van der Waals surface area contributed by atoms with Crippen molar-refractivity contribution in [3.63, 3.8) is 0 Å². The number of guanidine groups is 1. The van der Waals surface area contributed by atoms with Crippen LogP contribution in [0.1, 0.15) is 24.0 Å². The van der Waals surface area contributed by atoms with Crippen LogP contribution < -0.4 is 10.6 Å². The van der Waals surface area contributed by atoms with E-state index in [1.54, 1.807) is 11.3 Å². The molecule has 0 radical (unpaired) electrons. The van der Waals surface area contributed by atoms with Gasteiger partial charge in [-0.25, -0.2) is 9.98 Å². The number of benzene rings is 1. The highest BCUT2D eigenvalue weighted by molar-refractivity contribution is 7.13. The quantitative estimate of drug-likeness (QED) is 0.577. The van der Waals surface area contributed by atoms with Crippen molar-refractivity contribution < 1.29 is 9.47 Å². The fourth-order valence-electron chi connectivity index (χ4n) is 3.65. The maximum Gasteiger partial charge on any atom is 0.191 e. The van der Waals surface area contributed by atoms with Crippen molar-refractivity contribution in [1.82, 2.24) is 9.88 Å². The van der Waals surface area contributed by atoms with E-state index in [9.17, 15) is 0 Å². The summed E-state index contributed by atoms with van der Waals surface area (Å²) in [4.78, 5) is 13.5. The van der Waals surface area contributed by atoms with Crippen molar-refractivity contribution in [2.24, 2.45) is 10.7 Å². The van der Waals surface area contributed by atoms with E-state index in [4.69, 9.17) is 15.2 Å². The number of aliphatic imine (C=N–C) groups is 1. The van der Waals surface area contributed by atoms with E-state index in [-0.39, 0.29) is 0 Å². The fraction of sp³-hybridized carbons (Fsp3) is 0.524. The van der Waals surface area contributed by atoms with E-state index in [0.29, 0.717) is 25.2 Å². The van der Waals surface area contributed by atoms with Crippen molar-refractivity contribution in [3.05, 3.63) is 47.0 Å². The van der Waals surface area contributed by atoms with Crippen molar-refractivity contribution in [3.8, 4) is 0 Å². The van der Waals surface area contributed by atoms with E-state index in [0.717, 1.165) is 62.9 Å². The lowest BCUT2D eigenvalue weighted by molar-refractivity contribution is -0.0390. The summed E-state index contributed by atoms with van der Waals surface area (Å²) in [6, 6.07) is 8.43. The molecule has 0 aliphatic carbocycles. The molecule has 0 amide bonds. The standard InChI is InChI=1S/C21H29N5O2S/c22-20(25-7-9-26(10-8-25)21-23-6-13-29-21)24-15-17-2-1-3-18(14-17)16-28-19-4-11-27-12-5-19/h1-3,6,13-14,19H,4-5,7-12,15-16H2,(H2,22,24). The number of hydrogen-bond donors (Lipinski definition) is 1. The summed E-state index contributed by atoms with van der Waals surface area (Å²) >= 11 is 1.68. The summed E-state index contributed by atoms with van der Waals surface area (Å²) in [5, 5.41) is 3.10. The highest BCUT2D eigenvalue weighted by Crippen LogP contribution is 2.19. The Morgan fingerprint density at radius 1 is 1.21 bits per heavy atom. The van der Waals surface area contributed by atoms with Gasteiger partial charge in [0.2, 0.25) is 0 Å². The summed E-state index contributed by atoms with van der Waals surface area (Å²) in [5.41, 5.74) is 8.60. The molecule has 2 fully saturated rings. The van der Waals surface area contributed by atoms with Crippen LogP contribution in [0.15, 0.2) is 40.8 Å². The molecule has 8 heteroatoms. The van der Waals surface area contributed by atoms with Gasteiger partial charge in [0.15, 0.2) is 11.1 Å². The minimum absolute atomic E-state index is 0.309. The first-order chi connectivity index (χ1) is 14.3. The Hall–Kier alpha value is -2.16. The Balaban J connectivity index is 1.26. The first-order valence-corrected chi connectivity index (χ1v) is 11.1. The molecule has 0 spiro atoms. The lowest BCUT2D eigenvalue weighted by atomic mass is 10.1. The number of nitrogens with two attached hydrogens (primary N) is 1. The Kier molecular flexibility index (Phi) is 6.97. The maximum atomic E-state index is 6.26. The number of piperazine rings is 1. The molecular formula is C21H29N5O2S. The Morgan fingerprint density at radius 3 is 2.76 bits per heavy atom. The number of rotatable bonds is 6. The molecule has 0 bridgehead atoms. The highest BCUT2D eigenvalue weighted by atomic mass is 32.1. The smallest absolute Gasteiger partial charge is 0.191 e. The molecule has 4 rings (SSSR count). The summed E-state index contributed by atoms with van der Waals surface area (Å²) < 4.78 is 11.4. The van der Waals surface area contributed by atoms with Gasteiger partial charge in [-0.05, 0) is 24.0 Å². The number of hydrogen-bond acceptors (Lipinski definition) is 6. The number of ether oxygens (including phenoxy) is 2. The third-order valence-corrected chi connectivity index (χ3v) is 6.19. The Bertz CT molecular complexity index is 784. The second-order valence-electron chi connectivity index (χ2n) is 7.41. The Morgan fingerprint density at radius 2 is 2.00 bits per heavy atom. The van der Waals surface area contributed by atoms with Crippen molar-refractivity contribution in [1.29, 1.82) is 0 Å². The zero-order valence-electron chi connectivity index (χ0n) is 16.7. The molecule has 3 heterocycles. The second-order valence-corrected chi connectivity index (χ2v) is 8.28. The van der Waals surface area contributed by atoms with Crippen LogP contribution in [0, 0.1) is 0 Å². The summed E-state index contributed by atoms with van der Waals surface area (Å²) in [6.45, 7) is 6.40. The zero-order valence-corrected chi connectivity index (χ0v) is 17.5.